The average Bonchev–Trinajstić information content (AvgIpc) is 2.72. The van der Waals surface area contributed by atoms with Gasteiger partial charge in [0.15, 0.2) is 5.96 Å². The molecule has 29 heavy (non-hydrogen) atoms. The molecule has 1 atom stereocenters. The highest BCUT2D eigenvalue weighted by molar-refractivity contribution is 14.0. The normalized spacial score (nSPS) is 20.8. The number of hydrogen-bond acceptors (Lipinski definition) is 2. The van der Waals surface area contributed by atoms with E-state index in [1.54, 1.807) is 7.05 Å². The third-order valence-electron chi connectivity index (χ3n) is 6.25. The van der Waals surface area contributed by atoms with Gasteiger partial charge in [0.05, 0.1) is 0 Å². The molecule has 7 heteroatoms. The zero-order valence-corrected chi connectivity index (χ0v) is 19.9. The molecule has 4 nitrogen and oxygen atoms in total. The number of aliphatic imine (C=N–C) groups is 1. The van der Waals surface area contributed by atoms with Gasteiger partial charge in [-0.2, -0.15) is 0 Å². The van der Waals surface area contributed by atoms with Gasteiger partial charge in [-0.05, 0) is 37.3 Å². The smallest absolute Gasteiger partial charge is 0.191 e. The van der Waals surface area contributed by atoms with Gasteiger partial charge < -0.3 is 15.5 Å². The van der Waals surface area contributed by atoms with Crippen molar-refractivity contribution in [3.63, 3.8) is 0 Å². The predicted molar refractivity (Wildman–Crippen MR) is 126 cm³/mol. The first kappa shape index (κ1) is 24.3. The number of likely N-dealkylation sites (tertiary alicyclic amines) is 1. The number of benzene rings is 1. The second-order valence-corrected chi connectivity index (χ2v) is 8.27. The van der Waals surface area contributed by atoms with Crippen molar-refractivity contribution in [1.82, 2.24) is 15.5 Å². The Morgan fingerprint density at radius 3 is 2.45 bits per heavy atom. The molecule has 2 N–H and O–H groups in total. The summed E-state index contributed by atoms with van der Waals surface area (Å²) in [6, 6.07) is 4.98. The van der Waals surface area contributed by atoms with E-state index in [0.29, 0.717) is 18.2 Å². The first-order chi connectivity index (χ1) is 13.6. The van der Waals surface area contributed by atoms with Crippen molar-refractivity contribution in [2.24, 2.45) is 4.99 Å². The van der Waals surface area contributed by atoms with Gasteiger partial charge in [0.1, 0.15) is 11.6 Å². The minimum atomic E-state index is -0.543. The third kappa shape index (κ3) is 7.05. The van der Waals surface area contributed by atoms with Crippen LogP contribution in [0.15, 0.2) is 23.2 Å². The molecule has 1 aromatic carbocycles. The molecule has 0 bridgehead atoms. The second kappa shape index (κ2) is 12.0. The molecule has 0 spiro atoms. The fraction of sp³-hybridized carbons (Fsp3) is 0.682. The molecule has 1 unspecified atom stereocenters. The first-order valence-electron chi connectivity index (χ1n) is 10.7. The van der Waals surface area contributed by atoms with Crippen molar-refractivity contribution < 1.29 is 8.78 Å². The van der Waals surface area contributed by atoms with E-state index in [0.717, 1.165) is 44.0 Å². The minimum absolute atomic E-state index is 0. The van der Waals surface area contributed by atoms with E-state index < -0.39 is 11.6 Å². The van der Waals surface area contributed by atoms with Crippen molar-refractivity contribution in [2.45, 2.75) is 69.9 Å². The summed E-state index contributed by atoms with van der Waals surface area (Å²) < 4.78 is 27.0. The van der Waals surface area contributed by atoms with Crippen LogP contribution < -0.4 is 10.6 Å². The number of nitrogens with one attached hydrogen (secondary N) is 2. The van der Waals surface area contributed by atoms with Gasteiger partial charge in [-0.1, -0.05) is 32.3 Å². The summed E-state index contributed by atoms with van der Waals surface area (Å²) >= 11 is 0. The van der Waals surface area contributed by atoms with Crippen LogP contribution in [0.5, 0.6) is 0 Å². The molecular weight excluding hydrogens is 485 g/mol. The van der Waals surface area contributed by atoms with E-state index in [2.05, 4.69) is 20.5 Å². The molecule has 0 amide bonds. The van der Waals surface area contributed by atoms with E-state index in [9.17, 15) is 8.78 Å². The Bertz CT molecular complexity index is 656. The maximum atomic E-state index is 14.0. The molecule has 0 aromatic heterocycles. The van der Waals surface area contributed by atoms with Crippen LogP contribution in [0.4, 0.5) is 8.78 Å². The Kier molecular flexibility index (Phi) is 10.1. The number of halogens is 3. The highest BCUT2D eigenvalue weighted by Crippen LogP contribution is 2.25. The number of nitrogens with zero attached hydrogens (tertiary/aromatic N) is 2. The summed E-state index contributed by atoms with van der Waals surface area (Å²) in [4.78, 5) is 6.99. The summed E-state index contributed by atoms with van der Waals surface area (Å²) in [5, 5.41) is 6.81. The molecule has 2 aliphatic rings. The lowest BCUT2D eigenvalue weighted by atomic mass is 9.92. The van der Waals surface area contributed by atoms with Crippen molar-refractivity contribution >= 4 is 29.9 Å². The number of guanidine groups is 1. The minimum Gasteiger partial charge on any atom is -0.356 e. The third-order valence-corrected chi connectivity index (χ3v) is 6.25. The fourth-order valence-electron chi connectivity index (χ4n) is 4.50. The van der Waals surface area contributed by atoms with Crippen molar-refractivity contribution in [1.29, 1.82) is 0 Å². The summed E-state index contributed by atoms with van der Waals surface area (Å²) in [6.07, 6.45) is 9.13. The maximum Gasteiger partial charge on any atom is 0.191 e. The molecule has 1 aliphatic heterocycles. The van der Waals surface area contributed by atoms with Gasteiger partial charge in [0.2, 0.25) is 0 Å². The molecule has 1 aliphatic carbocycles. The Balaban J connectivity index is 0.00000300. The first-order valence-corrected chi connectivity index (χ1v) is 10.7. The molecule has 1 aromatic rings. The maximum absolute atomic E-state index is 14.0. The Morgan fingerprint density at radius 1 is 1.14 bits per heavy atom. The van der Waals surface area contributed by atoms with Crippen LogP contribution in [0.25, 0.3) is 0 Å². The Labute approximate surface area is 190 Å². The van der Waals surface area contributed by atoms with Crippen LogP contribution in [0.1, 0.15) is 63.4 Å². The summed E-state index contributed by atoms with van der Waals surface area (Å²) in [5.41, 5.74) is 0.519. The Hall–Kier alpha value is -0.960. The lowest BCUT2D eigenvalue weighted by Gasteiger charge is -2.39. The quantitative estimate of drug-likeness (QED) is 0.338. The predicted octanol–water partition coefficient (Wildman–Crippen LogP) is 4.65. The van der Waals surface area contributed by atoms with Crippen molar-refractivity contribution in [2.75, 3.05) is 26.7 Å². The second-order valence-electron chi connectivity index (χ2n) is 8.27. The van der Waals surface area contributed by atoms with Crippen LogP contribution in [0.2, 0.25) is 0 Å². The van der Waals surface area contributed by atoms with Gasteiger partial charge in [0, 0.05) is 50.7 Å². The van der Waals surface area contributed by atoms with Gasteiger partial charge in [0.25, 0.3) is 0 Å². The zero-order chi connectivity index (χ0) is 19.9. The number of rotatable bonds is 5. The topological polar surface area (TPSA) is 39.7 Å². The van der Waals surface area contributed by atoms with Gasteiger partial charge in [-0.3, -0.25) is 4.99 Å². The molecule has 1 saturated carbocycles. The van der Waals surface area contributed by atoms with E-state index in [1.165, 1.54) is 44.2 Å². The molecule has 164 valence electrons. The van der Waals surface area contributed by atoms with Crippen LogP contribution in [0.3, 0.4) is 0 Å². The zero-order valence-electron chi connectivity index (χ0n) is 17.6. The van der Waals surface area contributed by atoms with Crippen LogP contribution >= 0.6 is 24.0 Å². The highest BCUT2D eigenvalue weighted by atomic mass is 127. The van der Waals surface area contributed by atoms with E-state index >= 15 is 0 Å². The molecular formula is C22H35F2IN4. The lowest BCUT2D eigenvalue weighted by Crippen LogP contribution is -2.51. The van der Waals surface area contributed by atoms with Gasteiger partial charge in [-0.25, -0.2) is 8.78 Å². The van der Waals surface area contributed by atoms with Crippen LogP contribution in [-0.4, -0.2) is 49.6 Å². The standard InChI is InChI=1S/C22H34F2N4.HI/c1-16(20-9-8-17(23)14-21(20)24)15-26-22(25-2)27-18-10-12-28(13-11-18)19-6-4-3-5-7-19;/h8-9,14,16,18-19H,3-7,10-13,15H2,1-2H3,(H2,25,26,27);1H. The monoisotopic (exact) mass is 520 g/mol. The van der Waals surface area contributed by atoms with Crippen molar-refractivity contribution in [3.8, 4) is 0 Å². The molecule has 1 heterocycles. The highest BCUT2D eigenvalue weighted by Gasteiger charge is 2.26. The number of piperidine rings is 1. The van der Waals surface area contributed by atoms with E-state index in [-0.39, 0.29) is 29.9 Å². The largest absolute Gasteiger partial charge is 0.356 e. The Morgan fingerprint density at radius 2 is 1.83 bits per heavy atom. The van der Waals surface area contributed by atoms with Crippen molar-refractivity contribution in [3.05, 3.63) is 35.4 Å². The summed E-state index contributed by atoms with van der Waals surface area (Å²) in [7, 11) is 1.76. The molecule has 2 fully saturated rings. The molecule has 1 saturated heterocycles. The fourth-order valence-corrected chi connectivity index (χ4v) is 4.50. The van der Waals surface area contributed by atoms with Gasteiger partial charge >= 0.3 is 0 Å². The van der Waals surface area contributed by atoms with Crippen LogP contribution in [-0.2, 0) is 0 Å². The molecule has 3 rings (SSSR count). The van der Waals surface area contributed by atoms with Gasteiger partial charge in [-0.15, -0.1) is 24.0 Å². The van der Waals surface area contributed by atoms with E-state index in [1.807, 2.05) is 6.92 Å². The number of hydrogen-bond donors (Lipinski definition) is 2. The summed E-state index contributed by atoms with van der Waals surface area (Å²) in [5.74, 6) is -0.358. The SMILES string of the molecule is CN=C(NCC(C)c1ccc(F)cc1F)NC1CCN(C2CCCCC2)CC1.I. The van der Waals surface area contributed by atoms with E-state index in [4.69, 9.17) is 0 Å². The lowest BCUT2D eigenvalue weighted by molar-refractivity contribution is 0.119. The van der Waals surface area contributed by atoms with Crippen LogP contribution in [0, 0.1) is 11.6 Å². The molecule has 0 radical (unpaired) electrons. The average molecular weight is 520 g/mol. The summed E-state index contributed by atoms with van der Waals surface area (Å²) in [6.45, 7) is 4.77.